The first-order valence-electron chi connectivity index (χ1n) is 3.50. The lowest BCUT2D eigenvalue weighted by molar-refractivity contribution is 0.0150. The van der Waals surface area contributed by atoms with Crippen molar-refractivity contribution in [3.63, 3.8) is 0 Å². The van der Waals surface area contributed by atoms with E-state index in [2.05, 4.69) is 13.8 Å². The number of aliphatic hydroxyl groups is 1. The highest BCUT2D eigenvalue weighted by Gasteiger charge is 2.27. The van der Waals surface area contributed by atoms with Gasteiger partial charge in [-0.15, -0.1) is 0 Å². The van der Waals surface area contributed by atoms with E-state index in [1.807, 2.05) is 0 Å². The Bertz CT molecular complexity index is 82.9. The third-order valence-electron chi connectivity index (χ3n) is 2.05. The Labute approximate surface area is 55.8 Å². The normalized spacial score (nSPS) is 43.7. The molecule has 0 amide bonds. The molecule has 1 aliphatic rings. The highest BCUT2D eigenvalue weighted by atomic mass is 16.5. The van der Waals surface area contributed by atoms with E-state index in [-0.39, 0.29) is 12.7 Å². The zero-order valence-corrected chi connectivity index (χ0v) is 6.00. The van der Waals surface area contributed by atoms with Crippen LogP contribution in [0.15, 0.2) is 0 Å². The molecule has 2 nitrogen and oxygen atoms in total. The van der Waals surface area contributed by atoms with E-state index in [4.69, 9.17) is 9.84 Å². The predicted octanol–water partition coefficient (Wildman–Crippen LogP) is 0.792. The third-order valence-corrected chi connectivity index (χ3v) is 2.05. The maximum Gasteiger partial charge on any atom is 0.0813 e. The van der Waals surface area contributed by atoms with Crippen LogP contribution in [0.1, 0.15) is 20.3 Å². The number of rotatable bonds is 1. The second-order valence-corrected chi connectivity index (χ2v) is 2.86. The molecule has 0 aromatic rings. The van der Waals surface area contributed by atoms with Gasteiger partial charge in [-0.25, -0.2) is 0 Å². The van der Waals surface area contributed by atoms with Gasteiger partial charge in [-0.3, -0.25) is 0 Å². The van der Waals surface area contributed by atoms with E-state index in [1.54, 1.807) is 0 Å². The molecule has 0 unspecified atom stereocenters. The molecule has 0 spiro atoms. The van der Waals surface area contributed by atoms with Gasteiger partial charge < -0.3 is 9.84 Å². The maximum atomic E-state index is 8.68. The molecule has 1 fully saturated rings. The summed E-state index contributed by atoms with van der Waals surface area (Å²) in [6.07, 6.45) is 1.45. The first-order valence-corrected chi connectivity index (χ1v) is 3.50. The van der Waals surface area contributed by atoms with Crippen molar-refractivity contribution in [1.82, 2.24) is 0 Å². The van der Waals surface area contributed by atoms with Crippen molar-refractivity contribution in [2.75, 3.05) is 6.61 Å². The Morgan fingerprint density at radius 3 is 2.44 bits per heavy atom. The van der Waals surface area contributed by atoms with Crippen LogP contribution in [0.5, 0.6) is 0 Å². The summed E-state index contributed by atoms with van der Waals surface area (Å²) < 4.78 is 5.37. The molecule has 54 valence electrons. The van der Waals surface area contributed by atoms with Crippen LogP contribution in [-0.2, 0) is 4.74 Å². The van der Waals surface area contributed by atoms with Gasteiger partial charge in [0, 0.05) is 0 Å². The Morgan fingerprint density at radius 1 is 1.56 bits per heavy atom. The van der Waals surface area contributed by atoms with Gasteiger partial charge in [0.25, 0.3) is 0 Å². The molecule has 0 saturated carbocycles. The lowest BCUT2D eigenvalue weighted by Gasteiger charge is -2.06. The number of ether oxygens (including phenoxy) is 1. The number of hydrogen-bond donors (Lipinski definition) is 1. The zero-order valence-electron chi connectivity index (χ0n) is 6.00. The molecule has 1 N–H and O–H groups in total. The van der Waals surface area contributed by atoms with Crippen LogP contribution in [0.25, 0.3) is 0 Å². The average Bonchev–Trinajstić information content (AvgIpc) is 2.13. The molecule has 2 heteroatoms. The maximum absolute atomic E-state index is 8.68. The van der Waals surface area contributed by atoms with Gasteiger partial charge in [-0.2, -0.15) is 0 Å². The van der Waals surface area contributed by atoms with Crippen LogP contribution >= 0.6 is 0 Å². The summed E-state index contributed by atoms with van der Waals surface area (Å²) in [7, 11) is 0. The van der Waals surface area contributed by atoms with Gasteiger partial charge in [0.15, 0.2) is 0 Å². The van der Waals surface area contributed by atoms with E-state index >= 15 is 0 Å². The number of hydrogen-bond acceptors (Lipinski definition) is 2. The van der Waals surface area contributed by atoms with Crippen LogP contribution < -0.4 is 0 Å². The lowest BCUT2D eigenvalue weighted by atomic mass is 10.0. The third kappa shape index (κ3) is 1.43. The fourth-order valence-electron chi connectivity index (χ4n) is 1.22. The molecule has 1 aliphatic heterocycles. The van der Waals surface area contributed by atoms with Crippen LogP contribution in [0.2, 0.25) is 0 Å². The van der Waals surface area contributed by atoms with Crippen molar-refractivity contribution < 1.29 is 9.84 Å². The fourth-order valence-corrected chi connectivity index (χ4v) is 1.22. The Hall–Kier alpha value is -0.0800. The lowest BCUT2D eigenvalue weighted by Crippen LogP contribution is -2.12. The van der Waals surface area contributed by atoms with Gasteiger partial charge in [0.2, 0.25) is 0 Å². The van der Waals surface area contributed by atoms with Crippen molar-refractivity contribution in [2.45, 2.75) is 32.5 Å². The predicted molar refractivity (Wildman–Crippen MR) is 35.2 cm³/mol. The molecular weight excluding hydrogens is 116 g/mol. The Kier molecular flexibility index (Phi) is 2.09. The van der Waals surface area contributed by atoms with Crippen molar-refractivity contribution in [3.05, 3.63) is 0 Å². The SMILES string of the molecule is C[C@@H]1C[C@@H](CO)O[C@H]1C. The molecular formula is C7H14O2. The minimum absolute atomic E-state index is 0.106. The summed E-state index contributed by atoms with van der Waals surface area (Å²) in [4.78, 5) is 0. The largest absolute Gasteiger partial charge is 0.394 e. The highest BCUT2D eigenvalue weighted by Crippen LogP contribution is 2.24. The van der Waals surface area contributed by atoms with E-state index in [1.165, 1.54) is 0 Å². The molecule has 1 rings (SSSR count). The summed E-state index contributed by atoms with van der Waals surface area (Å²) in [5.74, 6) is 0.613. The number of aliphatic hydroxyl groups excluding tert-OH is 1. The molecule has 0 aromatic carbocycles. The molecule has 0 aliphatic carbocycles. The molecule has 1 heterocycles. The quantitative estimate of drug-likeness (QED) is 0.568. The average molecular weight is 130 g/mol. The Balaban J connectivity index is 2.35. The summed E-state index contributed by atoms with van der Waals surface area (Å²) in [6, 6.07) is 0. The second kappa shape index (κ2) is 2.67. The molecule has 0 aromatic heterocycles. The van der Waals surface area contributed by atoms with E-state index in [0.717, 1.165) is 6.42 Å². The molecule has 3 atom stereocenters. The zero-order chi connectivity index (χ0) is 6.85. The smallest absolute Gasteiger partial charge is 0.0813 e. The molecule has 0 bridgehead atoms. The first kappa shape index (κ1) is 7.03. The standard InChI is InChI=1S/C7H14O2/c1-5-3-7(4-8)9-6(5)2/h5-8H,3-4H2,1-2H3/t5-,6+,7+/m1/s1. The van der Waals surface area contributed by atoms with Crippen molar-refractivity contribution in [2.24, 2.45) is 5.92 Å². The minimum atomic E-state index is 0.106. The molecule has 1 saturated heterocycles. The van der Waals surface area contributed by atoms with Gasteiger partial charge >= 0.3 is 0 Å². The van der Waals surface area contributed by atoms with Gasteiger partial charge in [-0.05, 0) is 19.3 Å². The first-order chi connectivity index (χ1) is 4.24. The summed E-state index contributed by atoms with van der Waals surface area (Å²) in [5, 5.41) is 8.68. The van der Waals surface area contributed by atoms with Crippen LogP contribution in [-0.4, -0.2) is 23.9 Å². The second-order valence-electron chi connectivity index (χ2n) is 2.86. The minimum Gasteiger partial charge on any atom is -0.394 e. The van der Waals surface area contributed by atoms with E-state index in [0.29, 0.717) is 12.0 Å². The molecule has 0 radical (unpaired) electrons. The van der Waals surface area contributed by atoms with Crippen molar-refractivity contribution in [1.29, 1.82) is 0 Å². The van der Waals surface area contributed by atoms with E-state index < -0.39 is 0 Å². The van der Waals surface area contributed by atoms with Crippen molar-refractivity contribution >= 4 is 0 Å². The summed E-state index contributed by atoms with van der Waals surface area (Å²) >= 11 is 0. The van der Waals surface area contributed by atoms with E-state index in [9.17, 15) is 0 Å². The molecule has 9 heavy (non-hydrogen) atoms. The highest BCUT2D eigenvalue weighted by molar-refractivity contribution is 4.75. The van der Waals surface area contributed by atoms with Crippen LogP contribution in [0.3, 0.4) is 0 Å². The summed E-state index contributed by atoms with van der Waals surface area (Å²) in [6.45, 7) is 4.38. The topological polar surface area (TPSA) is 29.5 Å². The van der Waals surface area contributed by atoms with Gasteiger partial charge in [0.1, 0.15) is 0 Å². The van der Waals surface area contributed by atoms with Crippen LogP contribution in [0, 0.1) is 5.92 Å². The van der Waals surface area contributed by atoms with Gasteiger partial charge in [-0.1, -0.05) is 6.92 Å². The van der Waals surface area contributed by atoms with Crippen LogP contribution in [0.4, 0.5) is 0 Å². The fraction of sp³-hybridized carbons (Fsp3) is 1.00. The Morgan fingerprint density at radius 2 is 2.22 bits per heavy atom. The van der Waals surface area contributed by atoms with Gasteiger partial charge in [0.05, 0.1) is 18.8 Å². The monoisotopic (exact) mass is 130 g/mol. The van der Waals surface area contributed by atoms with Crippen molar-refractivity contribution in [3.8, 4) is 0 Å². The summed E-state index contributed by atoms with van der Waals surface area (Å²) in [5.41, 5.74) is 0.